The van der Waals surface area contributed by atoms with Crippen molar-refractivity contribution in [2.45, 2.75) is 18.0 Å². The molecular formula is C34H23Cl2NO4. The Hall–Kier alpha value is -4.19. The number of hydrogen-bond acceptors (Lipinski definition) is 5. The van der Waals surface area contributed by atoms with E-state index in [1.165, 1.54) is 0 Å². The van der Waals surface area contributed by atoms with Crippen LogP contribution in [0.15, 0.2) is 97.1 Å². The van der Waals surface area contributed by atoms with Crippen LogP contribution >= 0.6 is 23.2 Å². The van der Waals surface area contributed by atoms with Crippen LogP contribution in [0.5, 0.6) is 5.75 Å². The van der Waals surface area contributed by atoms with Gasteiger partial charge >= 0.3 is 0 Å². The second-order valence-corrected chi connectivity index (χ2v) is 11.4. The molecule has 5 nitrogen and oxygen atoms in total. The number of methoxy groups -OCH3 is 1. The van der Waals surface area contributed by atoms with Crippen LogP contribution in [0.1, 0.15) is 48.1 Å². The molecule has 0 aromatic heterocycles. The summed E-state index contributed by atoms with van der Waals surface area (Å²) >= 11 is 13.2. The normalized spacial score (nSPS) is 21.5. The molecule has 2 heterocycles. The zero-order valence-electron chi connectivity index (χ0n) is 21.9. The molecule has 7 rings (SSSR count). The van der Waals surface area contributed by atoms with E-state index >= 15 is 0 Å². The highest BCUT2D eigenvalue weighted by Gasteiger charge is 2.71. The summed E-state index contributed by atoms with van der Waals surface area (Å²) < 4.78 is 5.42. The van der Waals surface area contributed by atoms with Crippen LogP contribution in [0.25, 0.3) is 6.08 Å². The standard InChI is InChI=1S/C34H23Cl2NO4/c1-41-22-9-6-8-20(17-22)31(38)30-29(25-15-14-21(35)18-26(25)36)34(32(39)23-10-3-4-11-24(23)33(34)40)28-16-13-19-7-2-5-12-27(19)37(28)30/h2-18,28-30H,1H3/t28?,29-,30+/m0/s1. The fraction of sp³-hybridized carbons (Fsp3) is 0.147. The van der Waals surface area contributed by atoms with Gasteiger partial charge in [0.25, 0.3) is 0 Å². The van der Waals surface area contributed by atoms with E-state index in [9.17, 15) is 14.4 Å². The number of rotatable bonds is 4. The van der Waals surface area contributed by atoms with Gasteiger partial charge in [-0.3, -0.25) is 14.4 Å². The molecule has 0 bridgehead atoms. The predicted octanol–water partition coefficient (Wildman–Crippen LogP) is 7.32. The van der Waals surface area contributed by atoms with Gasteiger partial charge in [-0.05, 0) is 41.5 Å². The van der Waals surface area contributed by atoms with Crippen molar-refractivity contribution in [1.29, 1.82) is 0 Å². The topological polar surface area (TPSA) is 63.7 Å². The van der Waals surface area contributed by atoms with Crippen LogP contribution in [-0.2, 0) is 0 Å². The van der Waals surface area contributed by atoms with Crippen molar-refractivity contribution in [3.8, 4) is 5.75 Å². The Bertz CT molecular complexity index is 1780. The molecule has 0 radical (unpaired) electrons. The molecule has 1 spiro atoms. The highest BCUT2D eigenvalue weighted by Crippen LogP contribution is 2.61. The molecule has 41 heavy (non-hydrogen) atoms. The number of Topliss-reactive ketones (excluding diaryl/α,β-unsaturated/α-hetero) is 3. The second-order valence-electron chi connectivity index (χ2n) is 10.5. The summed E-state index contributed by atoms with van der Waals surface area (Å²) in [6, 6.07) is 24.8. The van der Waals surface area contributed by atoms with E-state index < -0.39 is 23.4 Å². The SMILES string of the molecule is COc1cccc(C(=O)[C@H]2[C@H](c3ccc(Cl)cc3Cl)C3(C(=O)c4ccccc4C3=O)C3C=Cc4ccccc4N32)c1. The van der Waals surface area contributed by atoms with Gasteiger partial charge in [-0.15, -0.1) is 0 Å². The molecule has 3 atom stereocenters. The Morgan fingerprint density at radius 3 is 2.27 bits per heavy atom. The van der Waals surface area contributed by atoms with Gasteiger partial charge in [-0.2, -0.15) is 0 Å². The molecule has 202 valence electrons. The Morgan fingerprint density at radius 1 is 0.854 bits per heavy atom. The molecule has 1 unspecified atom stereocenters. The number of para-hydroxylation sites is 1. The van der Waals surface area contributed by atoms with Crippen LogP contribution < -0.4 is 9.64 Å². The number of anilines is 1. The maximum absolute atomic E-state index is 14.8. The third kappa shape index (κ3) is 3.52. The minimum absolute atomic E-state index is 0.247. The smallest absolute Gasteiger partial charge is 0.186 e. The first-order valence-corrected chi connectivity index (χ1v) is 14.0. The Kier molecular flexibility index (Phi) is 5.93. The Labute approximate surface area is 247 Å². The first-order valence-electron chi connectivity index (χ1n) is 13.3. The van der Waals surface area contributed by atoms with Crippen molar-refractivity contribution in [3.63, 3.8) is 0 Å². The van der Waals surface area contributed by atoms with Gasteiger partial charge < -0.3 is 9.64 Å². The molecule has 4 aromatic carbocycles. The summed E-state index contributed by atoms with van der Waals surface area (Å²) in [7, 11) is 1.54. The number of carbonyl (C=O) groups excluding carboxylic acids is 3. The van der Waals surface area contributed by atoms with Crippen LogP contribution in [0.2, 0.25) is 10.0 Å². The molecule has 3 aliphatic rings. The van der Waals surface area contributed by atoms with Crippen molar-refractivity contribution in [2.75, 3.05) is 12.0 Å². The summed E-state index contributed by atoms with van der Waals surface area (Å²) in [6.45, 7) is 0. The van der Waals surface area contributed by atoms with Gasteiger partial charge in [-0.1, -0.05) is 96.0 Å². The van der Waals surface area contributed by atoms with Crippen LogP contribution in [0.3, 0.4) is 0 Å². The number of ether oxygens (including phenoxy) is 1. The van der Waals surface area contributed by atoms with Crippen molar-refractivity contribution in [1.82, 2.24) is 0 Å². The number of nitrogens with zero attached hydrogens (tertiary/aromatic N) is 1. The summed E-state index contributed by atoms with van der Waals surface area (Å²) in [6.07, 6.45) is 3.82. The van der Waals surface area contributed by atoms with Gasteiger partial charge in [-0.25, -0.2) is 0 Å². The zero-order valence-corrected chi connectivity index (χ0v) is 23.4. The Balaban J connectivity index is 1.56. The molecule has 0 amide bonds. The summed E-state index contributed by atoms with van der Waals surface area (Å²) in [4.78, 5) is 46.1. The fourth-order valence-corrected chi connectivity index (χ4v) is 7.49. The first kappa shape index (κ1) is 25.8. The van der Waals surface area contributed by atoms with Gasteiger partial charge in [0.15, 0.2) is 17.3 Å². The van der Waals surface area contributed by atoms with Crippen LogP contribution in [-0.4, -0.2) is 36.5 Å². The van der Waals surface area contributed by atoms with E-state index in [0.717, 1.165) is 11.3 Å². The third-order valence-corrected chi connectivity index (χ3v) is 9.20. The van der Waals surface area contributed by atoms with E-state index in [2.05, 4.69) is 0 Å². The van der Waals surface area contributed by atoms with Gasteiger partial charge in [0, 0.05) is 38.3 Å². The molecule has 4 aromatic rings. The minimum Gasteiger partial charge on any atom is -0.497 e. The molecule has 1 aliphatic carbocycles. The lowest BCUT2D eigenvalue weighted by Crippen LogP contribution is -2.48. The molecule has 0 N–H and O–H groups in total. The summed E-state index contributed by atoms with van der Waals surface area (Å²) in [5, 5.41) is 0.704. The fourth-order valence-electron chi connectivity index (χ4n) is 6.96. The van der Waals surface area contributed by atoms with E-state index in [1.54, 1.807) is 73.8 Å². The molecule has 1 fully saturated rings. The van der Waals surface area contributed by atoms with Gasteiger partial charge in [0.05, 0.1) is 13.2 Å². The van der Waals surface area contributed by atoms with E-state index in [1.807, 2.05) is 41.3 Å². The summed E-state index contributed by atoms with van der Waals surface area (Å²) in [5.41, 5.74) is 1.66. The van der Waals surface area contributed by atoms with Crippen molar-refractivity contribution >= 4 is 52.3 Å². The molecule has 1 saturated heterocycles. The van der Waals surface area contributed by atoms with Gasteiger partial charge in [0.1, 0.15) is 17.2 Å². The lowest BCUT2D eigenvalue weighted by molar-refractivity contribution is 0.0666. The van der Waals surface area contributed by atoms with Crippen molar-refractivity contribution < 1.29 is 19.1 Å². The van der Waals surface area contributed by atoms with E-state index in [4.69, 9.17) is 27.9 Å². The lowest BCUT2D eigenvalue weighted by Gasteiger charge is -2.37. The van der Waals surface area contributed by atoms with Gasteiger partial charge in [0.2, 0.25) is 0 Å². The molecule has 0 saturated carbocycles. The largest absolute Gasteiger partial charge is 0.497 e. The quantitative estimate of drug-likeness (QED) is 0.187. The van der Waals surface area contributed by atoms with E-state index in [0.29, 0.717) is 38.0 Å². The average Bonchev–Trinajstić information content (AvgIpc) is 3.43. The lowest BCUT2D eigenvalue weighted by atomic mass is 9.64. The number of hydrogen-bond donors (Lipinski definition) is 0. The average molecular weight is 580 g/mol. The third-order valence-electron chi connectivity index (χ3n) is 8.63. The predicted molar refractivity (Wildman–Crippen MR) is 160 cm³/mol. The zero-order chi connectivity index (χ0) is 28.5. The van der Waals surface area contributed by atoms with E-state index in [-0.39, 0.29) is 17.3 Å². The Morgan fingerprint density at radius 2 is 1.56 bits per heavy atom. The first-order chi connectivity index (χ1) is 19.9. The summed E-state index contributed by atoms with van der Waals surface area (Å²) in [5.74, 6) is -1.26. The van der Waals surface area contributed by atoms with Crippen molar-refractivity contribution in [2.24, 2.45) is 5.41 Å². The number of ketones is 3. The molecular weight excluding hydrogens is 557 g/mol. The maximum Gasteiger partial charge on any atom is 0.186 e. The van der Waals surface area contributed by atoms with Crippen LogP contribution in [0.4, 0.5) is 5.69 Å². The molecule has 7 heteroatoms. The highest BCUT2D eigenvalue weighted by molar-refractivity contribution is 6.36. The highest BCUT2D eigenvalue weighted by atomic mass is 35.5. The second kappa shape index (κ2) is 9.44. The number of benzene rings is 4. The maximum atomic E-state index is 14.8. The minimum atomic E-state index is -1.63. The monoisotopic (exact) mass is 579 g/mol. The van der Waals surface area contributed by atoms with Crippen LogP contribution in [0, 0.1) is 5.41 Å². The number of fused-ring (bicyclic) bond motifs is 5. The molecule has 2 aliphatic heterocycles. The van der Waals surface area contributed by atoms with Crippen molar-refractivity contribution in [3.05, 3.63) is 135 Å². The number of halogens is 2. The number of carbonyl (C=O) groups is 3.